The fraction of sp³-hybridized carbons (Fsp3) is 0.458. The fourth-order valence-corrected chi connectivity index (χ4v) is 5.40. The first kappa shape index (κ1) is 19.7. The number of aliphatic hydroxyl groups is 1. The van der Waals surface area contributed by atoms with Crippen molar-refractivity contribution < 1.29 is 19.0 Å². The van der Waals surface area contributed by atoms with Crippen molar-refractivity contribution in [3.63, 3.8) is 0 Å². The third kappa shape index (κ3) is 3.23. The van der Waals surface area contributed by atoms with Gasteiger partial charge >= 0.3 is 0 Å². The predicted molar refractivity (Wildman–Crippen MR) is 112 cm³/mol. The molecular weight excluding hydrogens is 383 g/mol. The summed E-state index contributed by atoms with van der Waals surface area (Å²) < 4.78 is 19.7. The Kier molecular flexibility index (Phi) is 5.31. The van der Waals surface area contributed by atoms with Crippen LogP contribution in [-0.4, -0.2) is 54.4 Å². The van der Waals surface area contributed by atoms with Gasteiger partial charge < -0.3 is 14.7 Å². The molecule has 6 heteroatoms. The molecule has 2 fully saturated rings. The van der Waals surface area contributed by atoms with Crippen LogP contribution in [0, 0.1) is 11.7 Å². The summed E-state index contributed by atoms with van der Waals surface area (Å²) in [6, 6.07) is 14.8. The second kappa shape index (κ2) is 8.10. The van der Waals surface area contributed by atoms with Gasteiger partial charge in [0.2, 0.25) is 5.91 Å². The highest BCUT2D eigenvalue weighted by Gasteiger charge is 2.53. The van der Waals surface area contributed by atoms with Crippen molar-refractivity contribution in [2.24, 2.45) is 5.92 Å². The molecule has 0 aliphatic carbocycles. The number of ether oxygens (including phenoxy) is 1. The maximum atomic E-state index is 14.3. The van der Waals surface area contributed by atoms with Gasteiger partial charge in [-0.2, -0.15) is 0 Å². The molecule has 2 aromatic carbocycles. The summed E-state index contributed by atoms with van der Waals surface area (Å²) in [5.74, 6) is 0.0558. The molecule has 0 radical (unpaired) electrons. The number of benzene rings is 2. The van der Waals surface area contributed by atoms with Crippen LogP contribution in [0.5, 0.6) is 0 Å². The van der Waals surface area contributed by atoms with E-state index in [2.05, 4.69) is 11.0 Å². The molecule has 1 N–H and O–H groups in total. The van der Waals surface area contributed by atoms with Crippen LogP contribution in [0.4, 0.5) is 10.1 Å². The Morgan fingerprint density at radius 2 is 1.83 bits per heavy atom. The minimum Gasteiger partial charge on any atom is -0.395 e. The van der Waals surface area contributed by atoms with Gasteiger partial charge in [0.05, 0.1) is 6.61 Å². The number of amides is 1. The minimum atomic E-state index is -0.232. The van der Waals surface area contributed by atoms with E-state index < -0.39 is 0 Å². The van der Waals surface area contributed by atoms with Gasteiger partial charge in [-0.1, -0.05) is 36.4 Å². The Bertz CT molecular complexity index is 930. The number of carbonyl (C=O) groups excluding carboxylic acids is 1. The lowest BCUT2D eigenvalue weighted by atomic mass is 9.71. The molecule has 3 atom stereocenters. The maximum absolute atomic E-state index is 14.3. The molecule has 0 unspecified atom stereocenters. The molecule has 0 bridgehead atoms. The topological polar surface area (TPSA) is 53.0 Å². The van der Waals surface area contributed by atoms with E-state index >= 15 is 0 Å². The lowest BCUT2D eigenvalue weighted by molar-refractivity contribution is -0.126. The number of hydrogen-bond donors (Lipinski definition) is 1. The van der Waals surface area contributed by atoms with Crippen molar-refractivity contribution in [2.45, 2.75) is 37.4 Å². The summed E-state index contributed by atoms with van der Waals surface area (Å²) in [4.78, 5) is 17.5. The highest BCUT2D eigenvalue weighted by molar-refractivity contribution is 5.96. The van der Waals surface area contributed by atoms with E-state index in [9.17, 15) is 14.3 Å². The SMILES string of the molecule is O=C(C1CCOCC1)N1C[C@@H]2[C@H](c3ccccc31)[C@H](CO)N2Cc1ccccc1F. The summed E-state index contributed by atoms with van der Waals surface area (Å²) in [6.45, 7) is 2.27. The second-order valence-electron chi connectivity index (χ2n) is 8.50. The predicted octanol–water partition coefficient (Wildman–Crippen LogP) is 2.93. The molecule has 3 aliphatic rings. The molecule has 158 valence electrons. The highest BCUT2D eigenvalue weighted by Crippen LogP contribution is 2.49. The number of hydrogen-bond acceptors (Lipinski definition) is 4. The third-order valence-electron chi connectivity index (χ3n) is 6.97. The number of fused-ring (bicyclic) bond motifs is 3. The average Bonchev–Trinajstić information content (AvgIpc) is 2.78. The Morgan fingerprint density at radius 1 is 1.10 bits per heavy atom. The zero-order valence-corrected chi connectivity index (χ0v) is 16.9. The quantitative estimate of drug-likeness (QED) is 0.842. The number of rotatable bonds is 4. The summed E-state index contributed by atoms with van der Waals surface area (Å²) >= 11 is 0. The van der Waals surface area contributed by atoms with Crippen molar-refractivity contribution in [1.29, 1.82) is 0 Å². The molecule has 2 aromatic rings. The van der Waals surface area contributed by atoms with Gasteiger partial charge in [-0.25, -0.2) is 4.39 Å². The number of nitrogens with zero attached hydrogens (tertiary/aromatic N) is 2. The molecular formula is C24H27FN2O3. The zero-order chi connectivity index (χ0) is 20.7. The van der Waals surface area contributed by atoms with Crippen LogP contribution in [0.25, 0.3) is 0 Å². The standard InChI is InChI=1S/C24H27FN2O3/c25-19-7-3-1-5-17(19)13-26-21-14-27(24(29)16-9-11-30-12-10-16)20-8-4-2-6-18(20)23(21)22(26)15-28/h1-8,16,21-23,28H,9-15H2/t21-,22+,23+/m1/s1. The van der Waals surface area contributed by atoms with Crippen molar-refractivity contribution >= 4 is 11.6 Å². The van der Waals surface area contributed by atoms with Crippen LogP contribution in [-0.2, 0) is 16.1 Å². The Labute approximate surface area is 176 Å². The Morgan fingerprint density at radius 3 is 2.60 bits per heavy atom. The Hall–Kier alpha value is -2.28. The summed E-state index contributed by atoms with van der Waals surface area (Å²) in [6.07, 6.45) is 1.51. The summed E-state index contributed by atoms with van der Waals surface area (Å²) in [5, 5.41) is 10.1. The first-order valence-corrected chi connectivity index (χ1v) is 10.8. The van der Waals surface area contributed by atoms with E-state index in [-0.39, 0.29) is 42.3 Å². The minimum absolute atomic E-state index is 0.0118. The number of likely N-dealkylation sites (tertiary alicyclic amines) is 1. The molecule has 3 aliphatic heterocycles. The van der Waals surface area contributed by atoms with Crippen LogP contribution in [0.2, 0.25) is 0 Å². The van der Waals surface area contributed by atoms with E-state index in [4.69, 9.17) is 4.74 Å². The Balaban J connectivity index is 1.45. The first-order valence-electron chi connectivity index (χ1n) is 10.8. The second-order valence-corrected chi connectivity index (χ2v) is 8.50. The van der Waals surface area contributed by atoms with E-state index in [0.717, 1.165) is 24.1 Å². The lowest BCUT2D eigenvalue weighted by Gasteiger charge is -2.59. The lowest BCUT2D eigenvalue weighted by Crippen LogP contribution is -2.69. The number of aliphatic hydroxyl groups excluding tert-OH is 1. The van der Waals surface area contributed by atoms with Gasteiger partial charge in [0.25, 0.3) is 0 Å². The largest absolute Gasteiger partial charge is 0.395 e. The van der Waals surface area contributed by atoms with E-state index in [0.29, 0.717) is 31.9 Å². The molecule has 5 rings (SSSR count). The van der Waals surface area contributed by atoms with Crippen LogP contribution in [0.3, 0.4) is 0 Å². The number of anilines is 1. The van der Waals surface area contributed by atoms with E-state index in [1.165, 1.54) is 6.07 Å². The van der Waals surface area contributed by atoms with Gasteiger partial charge in [-0.3, -0.25) is 9.69 Å². The van der Waals surface area contributed by atoms with Crippen molar-refractivity contribution in [1.82, 2.24) is 4.90 Å². The first-order chi connectivity index (χ1) is 14.7. The van der Waals surface area contributed by atoms with Crippen LogP contribution >= 0.6 is 0 Å². The van der Waals surface area contributed by atoms with Crippen LogP contribution in [0.1, 0.15) is 29.9 Å². The average molecular weight is 410 g/mol. The summed E-state index contributed by atoms with van der Waals surface area (Å²) in [5.41, 5.74) is 2.69. The van der Waals surface area contributed by atoms with Crippen molar-refractivity contribution in [3.8, 4) is 0 Å². The molecule has 3 heterocycles. The van der Waals surface area contributed by atoms with Gasteiger partial charge in [-0.05, 0) is 30.5 Å². The molecule has 1 amide bonds. The molecule has 0 aromatic heterocycles. The summed E-state index contributed by atoms with van der Waals surface area (Å²) in [7, 11) is 0. The number of carbonyl (C=O) groups is 1. The smallest absolute Gasteiger partial charge is 0.230 e. The van der Waals surface area contributed by atoms with Gasteiger partial charge in [-0.15, -0.1) is 0 Å². The molecule has 30 heavy (non-hydrogen) atoms. The molecule has 0 saturated carbocycles. The van der Waals surface area contributed by atoms with Crippen LogP contribution < -0.4 is 4.90 Å². The molecule has 2 saturated heterocycles. The maximum Gasteiger partial charge on any atom is 0.230 e. The van der Waals surface area contributed by atoms with Gasteiger partial charge in [0.15, 0.2) is 0 Å². The van der Waals surface area contributed by atoms with Crippen LogP contribution in [0.15, 0.2) is 48.5 Å². The van der Waals surface area contributed by atoms with Gasteiger partial charge in [0.1, 0.15) is 5.82 Å². The number of para-hydroxylation sites is 1. The highest BCUT2D eigenvalue weighted by atomic mass is 19.1. The third-order valence-corrected chi connectivity index (χ3v) is 6.97. The van der Waals surface area contributed by atoms with Crippen molar-refractivity contribution in [3.05, 3.63) is 65.5 Å². The monoisotopic (exact) mass is 410 g/mol. The number of halogens is 1. The fourth-order valence-electron chi connectivity index (χ4n) is 5.40. The molecule has 0 spiro atoms. The van der Waals surface area contributed by atoms with Crippen molar-refractivity contribution in [2.75, 3.05) is 31.3 Å². The molecule has 5 nitrogen and oxygen atoms in total. The van der Waals surface area contributed by atoms with Gasteiger partial charge in [0, 0.05) is 61.5 Å². The zero-order valence-electron chi connectivity index (χ0n) is 16.9. The normalized spacial score (nSPS) is 26.6. The van der Waals surface area contributed by atoms with E-state index in [1.807, 2.05) is 29.2 Å². The van der Waals surface area contributed by atoms with E-state index in [1.54, 1.807) is 12.1 Å².